The minimum absolute atomic E-state index is 0.189. The Bertz CT molecular complexity index is 927. The highest BCUT2D eigenvalue weighted by Crippen LogP contribution is 2.24. The maximum atomic E-state index is 12.2. The van der Waals surface area contributed by atoms with Crippen molar-refractivity contribution in [2.45, 2.75) is 27.2 Å². The summed E-state index contributed by atoms with van der Waals surface area (Å²) in [6.07, 6.45) is 4.71. The Hall–Kier alpha value is -2.82. The molecule has 0 spiro atoms. The van der Waals surface area contributed by atoms with Gasteiger partial charge in [0, 0.05) is 48.3 Å². The number of carbonyl (C=O) groups is 1. The van der Waals surface area contributed by atoms with Crippen molar-refractivity contribution in [3.05, 3.63) is 59.0 Å². The highest BCUT2D eigenvalue weighted by atomic mass is 16.2. The molecular weight excluding hydrogens is 312 g/mol. The zero-order valence-corrected chi connectivity index (χ0v) is 15.2. The number of hydrogen-bond acceptors (Lipinski definition) is 2. The fourth-order valence-corrected chi connectivity index (χ4v) is 3.16. The maximum Gasteiger partial charge on any atom is 0.319 e. The lowest BCUT2D eigenvalue weighted by Crippen LogP contribution is -2.30. The monoisotopic (exact) mass is 336 g/mol. The van der Waals surface area contributed by atoms with Crippen LogP contribution in [0.2, 0.25) is 0 Å². The van der Waals surface area contributed by atoms with Gasteiger partial charge in [-0.25, -0.2) is 4.79 Å². The van der Waals surface area contributed by atoms with Crippen LogP contribution in [0.3, 0.4) is 0 Å². The lowest BCUT2D eigenvalue weighted by molar-refractivity contribution is 0.252. The molecule has 2 amide bonds. The highest BCUT2D eigenvalue weighted by molar-refractivity contribution is 5.90. The molecule has 0 aliphatic carbocycles. The molecule has 5 nitrogen and oxygen atoms in total. The van der Waals surface area contributed by atoms with Gasteiger partial charge in [-0.15, -0.1) is 0 Å². The van der Waals surface area contributed by atoms with Crippen LogP contribution in [0, 0.1) is 20.8 Å². The molecule has 5 heteroatoms. The lowest BCUT2D eigenvalue weighted by Gasteiger charge is -2.10. The number of aryl methyl sites for hydroxylation is 4. The van der Waals surface area contributed by atoms with E-state index in [4.69, 9.17) is 0 Å². The number of nitrogens with one attached hydrogen (secondary N) is 2. The maximum absolute atomic E-state index is 12.2. The summed E-state index contributed by atoms with van der Waals surface area (Å²) in [6.45, 7) is 6.55. The lowest BCUT2D eigenvalue weighted by atomic mass is 10.1. The molecule has 2 aromatic heterocycles. The average molecular weight is 336 g/mol. The summed E-state index contributed by atoms with van der Waals surface area (Å²) in [5, 5.41) is 7.12. The van der Waals surface area contributed by atoms with Gasteiger partial charge in [0.05, 0.1) is 0 Å². The van der Waals surface area contributed by atoms with Crippen molar-refractivity contribution in [3.63, 3.8) is 0 Å². The van der Waals surface area contributed by atoms with Gasteiger partial charge < -0.3 is 15.2 Å². The van der Waals surface area contributed by atoms with E-state index in [-0.39, 0.29) is 6.03 Å². The normalized spacial score (nSPS) is 10.9. The molecule has 130 valence electrons. The molecule has 3 aromatic rings. The van der Waals surface area contributed by atoms with Crippen molar-refractivity contribution in [1.29, 1.82) is 0 Å². The Morgan fingerprint density at radius 3 is 2.80 bits per heavy atom. The predicted octanol–water partition coefficient (Wildman–Crippen LogP) is 3.86. The Morgan fingerprint density at radius 2 is 2.00 bits per heavy atom. The fraction of sp³-hybridized carbons (Fsp3) is 0.300. The predicted molar refractivity (Wildman–Crippen MR) is 102 cm³/mol. The number of amides is 2. The average Bonchev–Trinajstić information content (AvgIpc) is 2.89. The van der Waals surface area contributed by atoms with Crippen molar-refractivity contribution >= 4 is 22.6 Å². The third-order valence-corrected chi connectivity index (χ3v) is 4.47. The SMILES string of the molecule is Cc1cc(NC(=O)NCCc2cn(C)c3cccc(C)c23)c(C)cn1. The Kier molecular flexibility index (Phi) is 4.74. The van der Waals surface area contributed by atoms with Crippen molar-refractivity contribution in [2.24, 2.45) is 7.05 Å². The summed E-state index contributed by atoms with van der Waals surface area (Å²) in [7, 11) is 2.06. The third-order valence-electron chi connectivity index (χ3n) is 4.47. The number of pyridine rings is 1. The number of hydrogen-bond donors (Lipinski definition) is 2. The van der Waals surface area contributed by atoms with E-state index in [0.29, 0.717) is 6.54 Å². The first kappa shape index (κ1) is 17.0. The second kappa shape index (κ2) is 6.97. The molecule has 0 aliphatic rings. The van der Waals surface area contributed by atoms with Crippen LogP contribution in [-0.2, 0) is 13.5 Å². The molecule has 0 bridgehead atoms. The second-order valence-corrected chi connectivity index (χ2v) is 6.51. The summed E-state index contributed by atoms with van der Waals surface area (Å²) in [4.78, 5) is 16.4. The molecule has 0 fully saturated rings. The molecule has 0 saturated heterocycles. The van der Waals surface area contributed by atoms with E-state index in [9.17, 15) is 4.79 Å². The number of benzene rings is 1. The molecule has 2 heterocycles. The van der Waals surface area contributed by atoms with Crippen molar-refractivity contribution in [3.8, 4) is 0 Å². The summed E-state index contributed by atoms with van der Waals surface area (Å²) in [5.74, 6) is 0. The van der Waals surface area contributed by atoms with E-state index in [1.807, 2.05) is 19.9 Å². The quantitative estimate of drug-likeness (QED) is 0.760. The molecule has 0 radical (unpaired) electrons. The van der Waals surface area contributed by atoms with E-state index in [1.165, 1.54) is 22.0 Å². The molecule has 2 N–H and O–H groups in total. The first-order chi connectivity index (χ1) is 12.0. The Morgan fingerprint density at radius 1 is 1.20 bits per heavy atom. The van der Waals surface area contributed by atoms with Crippen molar-refractivity contribution in [2.75, 3.05) is 11.9 Å². The second-order valence-electron chi connectivity index (χ2n) is 6.51. The van der Waals surface area contributed by atoms with Crippen LogP contribution in [-0.4, -0.2) is 22.1 Å². The van der Waals surface area contributed by atoms with Crippen LogP contribution < -0.4 is 10.6 Å². The van der Waals surface area contributed by atoms with E-state index >= 15 is 0 Å². The van der Waals surface area contributed by atoms with Crippen LogP contribution in [0.5, 0.6) is 0 Å². The number of urea groups is 1. The Labute approximate surface area is 148 Å². The molecular formula is C20H24N4O. The summed E-state index contributed by atoms with van der Waals surface area (Å²) in [6, 6.07) is 8.02. The highest BCUT2D eigenvalue weighted by Gasteiger charge is 2.10. The van der Waals surface area contributed by atoms with Gasteiger partial charge in [0.25, 0.3) is 0 Å². The van der Waals surface area contributed by atoms with E-state index in [0.717, 1.165) is 23.4 Å². The summed E-state index contributed by atoms with van der Waals surface area (Å²) >= 11 is 0. The molecule has 0 saturated carbocycles. The number of carbonyl (C=O) groups excluding carboxylic acids is 1. The van der Waals surface area contributed by atoms with Crippen molar-refractivity contribution < 1.29 is 4.79 Å². The number of aromatic nitrogens is 2. The topological polar surface area (TPSA) is 59.0 Å². The number of anilines is 1. The minimum atomic E-state index is -0.189. The van der Waals surface area contributed by atoms with Gasteiger partial charge in [0.15, 0.2) is 0 Å². The van der Waals surface area contributed by atoms with E-state index < -0.39 is 0 Å². The number of nitrogens with zero attached hydrogens (tertiary/aromatic N) is 2. The number of fused-ring (bicyclic) bond motifs is 1. The molecule has 25 heavy (non-hydrogen) atoms. The van der Waals surface area contributed by atoms with Gasteiger partial charge in [-0.1, -0.05) is 12.1 Å². The first-order valence-electron chi connectivity index (χ1n) is 8.47. The van der Waals surface area contributed by atoms with Gasteiger partial charge in [-0.3, -0.25) is 4.98 Å². The van der Waals surface area contributed by atoms with Gasteiger partial charge in [-0.2, -0.15) is 0 Å². The fourth-order valence-electron chi connectivity index (χ4n) is 3.16. The summed E-state index contributed by atoms with van der Waals surface area (Å²) in [5.41, 5.74) is 6.37. The molecule has 1 aromatic carbocycles. The zero-order valence-electron chi connectivity index (χ0n) is 15.2. The summed E-state index contributed by atoms with van der Waals surface area (Å²) < 4.78 is 2.14. The van der Waals surface area contributed by atoms with Crippen LogP contribution >= 0.6 is 0 Å². The van der Waals surface area contributed by atoms with Gasteiger partial charge >= 0.3 is 6.03 Å². The Balaban J connectivity index is 1.63. The molecule has 0 atom stereocenters. The molecule has 0 aliphatic heterocycles. The van der Waals surface area contributed by atoms with E-state index in [1.54, 1.807) is 6.20 Å². The third kappa shape index (κ3) is 3.65. The molecule has 3 rings (SSSR count). The van der Waals surface area contributed by atoms with Crippen LogP contribution in [0.1, 0.15) is 22.4 Å². The van der Waals surface area contributed by atoms with E-state index in [2.05, 4.69) is 58.6 Å². The number of rotatable bonds is 4. The standard InChI is InChI=1S/C20H24N4O/c1-13-6-5-7-18-19(13)16(12-24(18)4)8-9-21-20(25)23-17-10-15(3)22-11-14(17)2/h5-7,10-12H,8-9H2,1-4H3,(H2,21,22,23,25). The minimum Gasteiger partial charge on any atom is -0.350 e. The van der Waals surface area contributed by atoms with Crippen molar-refractivity contribution in [1.82, 2.24) is 14.9 Å². The smallest absolute Gasteiger partial charge is 0.319 e. The first-order valence-corrected chi connectivity index (χ1v) is 8.47. The van der Waals surface area contributed by atoms with Gasteiger partial charge in [-0.05, 0) is 56.0 Å². The van der Waals surface area contributed by atoms with Crippen LogP contribution in [0.15, 0.2) is 36.7 Å². The van der Waals surface area contributed by atoms with Gasteiger partial charge in [0.1, 0.15) is 0 Å². The van der Waals surface area contributed by atoms with Gasteiger partial charge in [0.2, 0.25) is 0 Å². The van der Waals surface area contributed by atoms with Crippen LogP contribution in [0.25, 0.3) is 10.9 Å². The molecule has 0 unspecified atom stereocenters. The zero-order chi connectivity index (χ0) is 18.0. The largest absolute Gasteiger partial charge is 0.350 e. The van der Waals surface area contributed by atoms with Crippen LogP contribution in [0.4, 0.5) is 10.5 Å².